The van der Waals surface area contributed by atoms with E-state index in [1.165, 1.54) is 41.1 Å². The van der Waals surface area contributed by atoms with E-state index in [4.69, 9.17) is 4.74 Å². The Balaban J connectivity index is 1.94. The van der Waals surface area contributed by atoms with Gasteiger partial charge in [0.2, 0.25) is 0 Å². The van der Waals surface area contributed by atoms with Crippen molar-refractivity contribution in [2.45, 2.75) is 19.8 Å². The molecule has 0 N–H and O–H groups in total. The van der Waals surface area contributed by atoms with E-state index in [2.05, 4.69) is 0 Å². The molecule has 0 spiro atoms. The van der Waals surface area contributed by atoms with Crippen LogP contribution >= 0.6 is 0 Å². The number of hydrogen-bond donors (Lipinski definition) is 0. The number of ether oxygens (including phenoxy) is 1. The van der Waals surface area contributed by atoms with Crippen LogP contribution in [-0.2, 0) is 14.3 Å². The molecule has 1 amide bonds. The van der Waals surface area contributed by atoms with E-state index in [9.17, 15) is 18.8 Å². The summed E-state index contributed by atoms with van der Waals surface area (Å²) in [6.45, 7) is 2.75. The van der Waals surface area contributed by atoms with Crippen LogP contribution < -0.4 is 5.56 Å². The molecule has 1 aromatic heterocycles. The van der Waals surface area contributed by atoms with Crippen LogP contribution in [0.25, 0.3) is 11.8 Å². The number of amides is 1. The average molecular weight is 398 g/mol. The number of hydrogen-bond acceptors (Lipinski definition) is 4. The van der Waals surface area contributed by atoms with E-state index in [1.807, 2.05) is 0 Å². The van der Waals surface area contributed by atoms with Crippen LogP contribution in [-0.4, -0.2) is 41.0 Å². The lowest BCUT2D eigenvalue weighted by Gasteiger charge is -2.32. The molecule has 7 heteroatoms. The number of likely N-dealkylation sites (tertiary alicyclic amines) is 1. The highest BCUT2D eigenvalue weighted by Crippen LogP contribution is 2.22. The van der Waals surface area contributed by atoms with Gasteiger partial charge in [-0.2, -0.15) is 0 Å². The van der Waals surface area contributed by atoms with E-state index in [0.717, 1.165) is 0 Å². The van der Waals surface area contributed by atoms with Crippen LogP contribution in [0.5, 0.6) is 0 Å². The summed E-state index contributed by atoms with van der Waals surface area (Å²) in [5, 5.41) is 0. The van der Waals surface area contributed by atoms with E-state index in [-0.39, 0.29) is 41.4 Å². The summed E-state index contributed by atoms with van der Waals surface area (Å²) >= 11 is 0. The summed E-state index contributed by atoms with van der Waals surface area (Å²) < 4.78 is 19.6. The molecule has 6 nitrogen and oxygen atoms in total. The second kappa shape index (κ2) is 9.32. The molecule has 1 aromatic carbocycles. The summed E-state index contributed by atoms with van der Waals surface area (Å²) in [5.74, 6) is -1.45. The molecule has 1 fully saturated rings. The second-order valence-electron chi connectivity index (χ2n) is 6.83. The van der Waals surface area contributed by atoms with Gasteiger partial charge in [-0.05, 0) is 49.6 Å². The van der Waals surface area contributed by atoms with Gasteiger partial charge in [0.25, 0.3) is 11.5 Å². The fraction of sp³-hybridized carbons (Fsp3) is 0.318. The normalized spacial score (nSPS) is 17.1. The minimum atomic E-state index is -0.389. The lowest BCUT2D eigenvalue weighted by atomic mass is 9.98. The SMILES string of the molecule is CCOC(=O)C1CCCN(C(=O)C(=Cc2ccc(F)cc2)n2ccccc2=O)C1. The van der Waals surface area contributed by atoms with Gasteiger partial charge < -0.3 is 9.64 Å². The predicted molar refractivity (Wildman–Crippen MR) is 107 cm³/mol. The Hall–Kier alpha value is -3.22. The topological polar surface area (TPSA) is 68.6 Å². The van der Waals surface area contributed by atoms with Gasteiger partial charge in [-0.15, -0.1) is 0 Å². The largest absolute Gasteiger partial charge is 0.466 e. The molecule has 1 atom stereocenters. The third-order valence-electron chi connectivity index (χ3n) is 4.80. The number of rotatable bonds is 5. The first-order chi connectivity index (χ1) is 14.0. The molecule has 0 bridgehead atoms. The zero-order valence-corrected chi connectivity index (χ0v) is 16.2. The van der Waals surface area contributed by atoms with Crippen LogP contribution in [0.2, 0.25) is 0 Å². The van der Waals surface area contributed by atoms with E-state index >= 15 is 0 Å². The summed E-state index contributed by atoms with van der Waals surface area (Å²) in [6, 6.07) is 10.3. The lowest BCUT2D eigenvalue weighted by Crippen LogP contribution is -2.44. The molecule has 2 heterocycles. The van der Waals surface area contributed by atoms with Gasteiger partial charge in [-0.1, -0.05) is 18.2 Å². The number of nitrogens with zero attached hydrogens (tertiary/aromatic N) is 2. The Bertz CT molecular complexity index is 965. The zero-order chi connectivity index (χ0) is 20.8. The Morgan fingerprint density at radius 1 is 1.21 bits per heavy atom. The molecule has 152 valence electrons. The molecule has 1 saturated heterocycles. The summed E-state index contributed by atoms with van der Waals surface area (Å²) in [5.41, 5.74) is 0.379. The number of esters is 1. The van der Waals surface area contributed by atoms with Crippen molar-refractivity contribution in [2.75, 3.05) is 19.7 Å². The summed E-state index contributed by atoms with van der Waals surface area (Å²) in [7, 11) is 0. The molecule has 0 radical (unpaired) electrons. The van der Waals surface area contributed by atoms with Gasteiger partial charge in [0.05, 0.1) is 12.5 Å². The van der Waals surface area contributed by atoms with Crippen molar-refractivity contribution in [3.05, 3.63) is 70.4 Å². The molecular formula is C22H23FN2O4. The molecule has 29 heavy (non-hydrogen) atoms. The number of aromatic nitrogens is 1. The molecule has 1 aliphatic heterocycles. The van der Waals surface area contributed by atoms with Crippen LogP contribution in [0.3, 0.4) is 0 Å². The minimum Gasteiger partial charge on any atom is -0.466 e. The Morgan fingerprint density at radius 3 is 2.66 bits per heavy atom. The molecule has 2 aromatic rings. The van der Waals surface area contributed by atoms with Crippen molar-refractivity contribution < 1.29 is 18.7 Å². The number of pyridine rings is 1. The van der Waals surface area contributed by atoms with Crippen LogP contribution in [0.15, 0.2) is 53.5 Å². The Kier molecular flexibility index (Phi) is 6.59. The molecule has 1 unspecified atom stereocenters. The van der Waals surface area contributed by atoms with Gasteiger partial charge in [0.1, 0.15) is 11.5 Å². The highest BCUT2D eigenvalue weighted by atomic mass is 19.1. The maximum Gasteiger partial charge on any atom is 0.310 e. The minimum absolute atomic E-state index is 0.145. The van der Waals surface area contributed by atoms with Crippen molar-refractivity contribution in [2.24, 2.45) is 5.92 Å². The van der Waals surface area contributed by atoms with Gasteiger partial charge >= 0.3 is 5.97 Å². The highest BCUT2D eigenvalue weighted by Gasteiger charge is 2.31. The monoisotopic (exact) mass is 398 g/mol. The van der Waals surface area contributed by atoms with Crippen molar-refractivity contribution in [1.82, 2.24) is 9.47 Å². The molecule has 1 aliphatic rings. The number of carbonyl (C=O) groups is 2. The average Bonchev–Trinajstić information content (AvgIpc) is 2.74. The number of halogens is 1. The van der Waals surface area contributed by atoms with Crippen LogP contribution in [0.4, 0.5) is 4.39 Å². The van der Waals surface area contributed by atoms with Crippen molar-refractivity contribution in [3.63, 3.8) is 0 Å². The van der Waals surface area contributed by atoms with E-state index in [1.54, 1.807) is 30.0 Å². The molecule has 0 aliphatic carbocycles. The maximum atomic E-state index is 13.3. The van der Waals surface area contributed by atoms with Gasteiger partial charge in [0.15, 0.2) is 0 Å². The zero-order valence-electron chi connectivity index (χ0n) is 16.2. The van der Waals surface area contributed by atoms with Crippen molar-refractivity contribution in [1.29, 1.82) is 0 Å². The first kappa shape index (κ1) is 20.5. The van der Waals surface area contributed by atoms with Crippen LogP contribution in [0, 0.1) is 11.7 Å². The summed E-state index contributed by atoms with van der Waals surface area (Å²) in [6.07, 6.45) is 4.40. The lowest BCUT2D eigenvalue weighted by molar-refractivity contribution is -0.150. The smallest absolute Gasteiger partial charge is 0.310 e. The number of carbonyl (C=O) groups excluding carboxylic acids is 2. The Labute approximate surface area is 168 Å². The first-order valence-corrected chi connectivity index (χ1v) is 9.61. The molecular weight excluding hydrogens is 375 g/mol. The third-order valence-corrected chi connectivity index (χ3v) is 4.80. The number of benzene rings is 1. The fourth-order valence-corrected chi connectivity index (χ4v) is 3.35. The third kappa shape index (κ3) is 4.99. The van der Waals surface area contributed by atoms with E-state index < -0.39 is 0 Å². The first-order valence-electron chi connectivity index (χ1n) is 9.61. The van der Waals surface area contributed by atoms with Gasteiger partial charge in [-0.3, -0.25) is 19.0 Å². The quantitative estimate of drug-likeness (QED) is 0.574. The van der Waals surface area contributed by atoms with Gasteiger partial charge in [0, 0.05) is 25.4 Å². The highest BCUT2D eigenvalue weighted by molar-refractivity contribution is 6.18. The van der Waals surface area contributed by atoms with Crippen molar-refractivity contribution >= 4 is 23.6 Å². The fourth-order valence-electron chi connectivity index (χ4n) is 3.35. The molecule has 0 saturated carbocycles. The van der Waals surface area contributed by atoms with Crippen LogP contribution in [0.1, 0.15) is 25.3 Å². The van der Waals surface area contributed by atoms with Gasteiger partial charge in [-0.25, -0.2) is 4.39 Å². The Morgan fingerprint density at radius 2 is 1.97 bits per heavy atom. The number of piperidine rings is 1. The maximum absolute atomic E-state index is 13.3. The van der Waals surface area contributed by atoms with E-state index in [0.29, 0.717) is 31.6 Å². The second-order valence-corrected chi connectivity index (χ2v) is 6.83. The standard InChI is InChI=1S/C22H23FN2O4/c1-2-29-22(28)17-6-5-12-24(15-17)21(27)19(25-13-4-3-7-20(25)26)14-16-8-10-18(23)11-9-16/h3-4,7-11,13-14,17H,2,5-6,12,15H2,1H3. The molecule has 3 rings (SSSR count). The summed E-state index contributed by atoms with van der Waals surface area (Å²) in [4.78, 5) is 39.4. The van der Waals surface area contributed by atoms with Crippen molar-refractivity contribution in [3.8, 4) is 0 Å². The predicted octanol–water partition coefficient (Wildman–Crippen LogP) is 2.79.